The first-order valence-electron chi connectivity index (χ1n) is 8.02. The van der Waals surface area contributed by atoms with Crippen molar-refractivity contribution < 1.29 is 8.78 Å². The maximum Gasteiger partial charge on any atom is 0.142 e. The van der Waals surface area contributed by atoms with Crippen molar-refractivity contribution in [3.05, 3.63) is 70.2 Å². The standard InChI is InChI=1S/C9H9ClF2.C9H12.C2H6/c1-5(2)6-3-9(12)7(10)4-8(6)11;1-8(2)9-6-4-3-5-7-9;1-2/h3-5H,1-2H3;3-8H,1-2H3;1-2H3. The normalized spacial score (nSPS) is 9.87. The van der Waals surface area contributed by atoms with Gasteiger partial charge < -0.3 is 0 Å². The summed E-state index contributed by atoms with van der Waals surface area (Å²) in [5.74, 6) is -0.388. The molecule has 0 heterocycles. The minimum Gasteiger partial charge on any atom is -0.207 e. The molecule has 3 heteroatoms. The van der Waals surface area contributed by atoms with Crippen LogP contribution >= 0.6 is 11.6 Å². The van der Waals surface area contributed by atoms with E-state index in [1.807, 2.05) is 19.9 Å². The summed E-state index contributed by atoms with van der Waals surface area (Å²) in [5, 5.41) is -0.170. The first kappa shape index (κ1) is 21.6. The minimum absolute atomic E-state index is 0.0308. The lowest BCUT2D eigenvalue weighted by atomic mass is 10.0. The van der Waals surface area contributed by atoms with Crippen LogP contribution in [0.25, 0.3) is 0 Å². The van der Waals surface area contributed by atoms with Gasteiger partial charge in [0, 0.05) is 0 Å². The fourth-order valence-corrected chi connectivity index (χ4v) is 1.97. The van der Waals surface area contributed by atoms with Crippen molar-refractivity contribution >= 4 is 11.6 Å². The molecular formula is C20H27ClF2. The first-order chi connectivity index (χ1) is 10.8. The average molecular weight is 341 g/mol. The second-order valence-corrected chi connectivity index (χ2v) is 5.92. The molecule has 2 aromatic carbocycles. The molecule has 0 amide bonds. The van der Waals surface area contributed by atoms with Gasteiger partial charge >= 0.3 is 0 Å². The Kier molecular flexibility index (Phi) is 10.5. The molecule has 0 aliphatic carbocycles. The Balaban J connectivity index is 0.000000392. The van der Waals surface area contributed by atoms with Crippen LogP contribution in [0.5, 0.6) is 0 Å². The van der Waals surface area contributed by atoms with Crippen LogP contribution in [-0.2, 0) is 0 Å². The van der Waals surface area contributed by atoms with Gasteiger partial charge in [-0.2, -0.15) is 0 Å². The zero-order chi connectivity index (χ0) is 18.0. The van der Waals surface area contributed by atoms with Crippen molar-refractivity contribution in [3.8, 4) is 0 Å². The van der Waals surface area contributed by atoms with E-state index in [2.05, 4.69) is 38.1 Å². The Hall–Kier alpha value is -1.41. The van der Waals surface area contributed by atoms with Gasteiger partial charge in [0.25, 0.3) is 0 Å². The number of hydrogen-bond donors (Lipinski definition) is 0. The van der Waals surface area contributed by atoms with E-state index < -0.39 is 11.6 Å². The highest BCUT2D eigenvalue weighted by Crippen LogP contribution is 2.24. The smallest absolute Gasteiger partial charge is 0.142 e. The lowest BCUT2D eigenvalue weighted by Crippen LogP contribution is -1.94. The van der Waals surface area contributed by atoms with Gasteiger partial charge in [0.1, 0.15) is 11.6 Å². The highest BCUT2D eigenvalue weighted by atomic mass is 35.5. The van der Waals surface area contributed by atoms with E-state index in [-0.39, 0.29) is 10.9 Å². The Morgan fingerprint density at radius 2 is 1.30 bits per heavy atom. The lowest BCUT2D eigenvalue weighted by Gasteiger charge is -2.07. The number of benzene rings is 2. The molecule has 128 valence electrons. The molecule has 0 aromatic heterocycles. The second-order valence-electron chi connectivity index (χ2n) is 5.51. The van der Waals surface area contributed by atoms with Crippen LogP contribution < -0.4 is 0 Å². The van der Waals surface area contributed by atoms with Crippen LogP contribution in [0.15, 0.2) is 42.5 Å². The number of halogens is 3. The molecule has 0 N–H and O–H groups in total. The molecule has 0 unspecified atom stereocenters. The first-order valence-corrected chi connectivity index (χ1v) is 8.40. The topological polar surface area (TPSA) is 0 Å². The van der Waals surface area contributed by atoms with Crippen molar-refractivity contribution in [2.45, 2.75) is 53.4 Å². The van der Waals surface area contributed by atoms with E-state index in [1.165, 1.54) is 5.56 Å². The van der Waals surface area contributed by atoms with Gasteiger partial charge in [-0.1, -0.05) is 83.5 Å². The maximum atomic E-state index is 13.0. The Bertz CT molecular complexity index is 563. The largest absolute Gasteiger partial charge is 0.207 e. The quantitative estimate of drug-likeness (QED) is 0.494. The predicted octanol–water partition coefficient (Wildman–Crippen LogP) is 7.58. The molecule has 2 aromatic rings. The van der Waals surface area contributed by atoms with Gasteiger partial charge in [0.15, 0.2) is 0 Å². The summed E-state index contributed by atoms with van der Waals surface area (Å²) in [6, 6.07) is 12.7. The van der Waals surface area contributed by atoms with Crippen molar-refractivity contribution in [3.63, 3.8) is 0 Å². The molecule has 0 spiro atoms. The predicted molar refractivity (Wildman–Crippen MR) is 97.3 cm³/mol. The summed E-state index contributed by atoms with van der Waals surface area (Å²) < 4.78 is 25.9. The van der Waals surface area contributed by atoms with Gasteiger partial charge in [-0.05, 0) is 35.1 Å². The van der Waals surface area contributed by atoms with E-state index >= 15 is 0 Å². The molecule has 23 heavy (non-hydrogen) atoms. The van der Waals surface area contributed by atoms with E-state index in [0.29, 0.717) is 11.5 Å². The lowest BCUT2D eigenvalue weighted by molar-refractivity contribution is 0.576. The monoisotopic (exact) mass is 340 g/mol. The van der Waals surface area contributed by atoms with Gasteiger partial charge in [-0.15, -0.1) is 0 Å². The van der Waals surface area contributed by atoms with Crippen LogP contribution in [0, 0.1) is 11.6 Å². The fourth-order valence-electron chi connectivity index (χ4n) is 1.82. The average Bonchev–Trinajstić information content (AvgIpc) is 2.54. The highest BCUT2D eigenvalue weighted by molar-refractivity contribution is 6.30. The van der Waals surface area contributed by atoms with Crippen LogP contribution in [0.3, 0.4) is 0 Å². The SMILES string of the molecule is CC.CC(C)c1cc(F)c(Cl)cc1F.CC(C)c1ccccc1. The Labute approximate surface area is 144 Å². The summed E-state index contributed by atoms with van der Waals surface area (Å²) in [7, 11) is 0. The van der Waals surface area contributed by atoms with Crippen LogP contribution in [0.1, 0.15) is 64.5 Å². The summed E-state index contributed by atoms with van der Waals surface area (Å²) in [4.78, 5) is 0. The second kappa shape index (κ2) is 11.2. The summed E-state index contributed by atoms with van der Waals surface area (Å²) in [5.41, 5.74) is 1.77. The number of rotatable bonds is 2. The molecule has 0 saturated carbocycles. The molecule has 0 aliphatic rings. The zero-order valence-corrected chi connectivity index (χ0v) is 15.6. The van der Waals surface area contributed by atoms with Gasteiger partial charge in [0.2, 0.25) is 0 Å². The molecule has 0 bridgehead atoms. The molecule has 0 radical (unpaired) electrons. The summed E-state index contributed by atoms with van der Waals surface area (Å²) >= 11 is 5.38. The Morgan fingerprint density at radius 3 is 1.70 bits per heavy atom. The van der Waals surface area contributed by atoms with Gasteiger partial charge in [-0.25, -0.2) is 8.78 Å². The van der Waals surface area contributed by atoms with Crippen LogP contribution in [0.2, 0.25) is 5.02 Å². The van der Waals surface area contributed by atoms with Crippen molar-refractivity contribution in [2.75, 3.05) is 0 Å². The van der Waals surface area contributed by atoms with Crippen molar-refractivity contribution in [2.24, 2.45) is 0 Å². The maximum absolute atomic E-state index is 13.0. The van der Waals surface area contributed by atoms with Gasteiger partial charge in [0.05, 0.1) is 5.02 Å². The summed E-state index contributed by atoms with van der Waals surface area (Å²) in [6.45, 7) is 12.0. The van der Waals surface area contributed by atoms with E-state index in [9.17, 15) is 8.78 Å². The molecule has 0 nitrogen and oxygen atoms in total. The third-order valence-electron chi connectivity index (χ3n) is 3.13. The van der Waals surface area contributed by atoms with E-state index in [4.69, 9.17) is 11.6 Å². The zero-order valence-electron chi connectivity index (χ0n) is 14.8. The Morgan fingerprint density at radius 1 is 0.783 bits per heavy atom. The minimum atomic E-state index is -0.568. The highest BCUT2D eigenvalue weighted by Gasteiger charge is 2.10. The molecular weight excluding hydrogens is 314 g/mol. The molecule has 2 rings (SSSR count). The van der Waals surface area contributed by atoms with Crippen LogP contribution in [-0.4, -0.2) is 0 Å². The molecule has 0 fully saturated rings. The van der Waals surface area contributed by atoms with Crippen LogP contribution in [0.4, 0.5) is 8.78 Å². The molecule has 0 aliphatic heterocycles. The van der Waals surface area contributed by atoms with Gasteiger partial charge in [-0.3, -0.25) is 0 Å². The third kappa shape index (κ3) is 7.60. The molecule has 0 atom stereocenters. The number of hydrogen-bond acceptors (Lipinski definition) is 0. The summed E-state index contributed by atoms with van der Waals surface area (Å²) in [6.07, 6.45) is 0. The van der Waals surface area contributed by atoms with Crippen molar-refractivity contribution in [1.29, 1.82) is 0 Å². The van der Waals surface area contributed by atoms with Crippen molar-refractivity contribution in [1.82, 2.24) is 0 Å². The van der Waals surface area contributed by atoms with E-state index in [1.54, 1.807) is 13.8 Å². The van der Waals surface area contributed by atoms with E-state index in [0.717, 1.165) is 12.1 Å². The molecule has 0 saturated heterocycles. The fraction of sp³-hybridized carbons (Fsp3) is 0.400. The third-order valence-corrected chi connectivity index (χ3v) is 3.42.